The van der Waals surface area contributed by atoms with Gasteiger partial charge in [0.15, 0.2) is 5.11 Å². The van der Waals surface area contributed by atoms with Gasteiger partial charge < -0.3 is 15.1 Å². The Morgan fingerprint density at radius 2 is 1.64 bits per heavy atom. The Balaban J connectivity index is 1.53. The van der Waals surface area contributed by atoms with E-state index in [4.69, 9.17) is 12.2 Å². The Kier molecular flexibility index (Phi) is 5.92. The second-order valence-corrected chi connectivity index (χ2v) is 7.06. The minimum Gasteiger partial charge on any atom is -0.368 e. The smallest absolute Gasteiger partial charge is 0.173 e. The molecule has 1 aliphatic rings. The summed E-state index contributed by atoms with van der Waals surface area (Å²) < 4.78 is 0. The molecule has 1 atom stereocenters. The molecule has 4 heteroatoms. The molecule has 0 saturated carbocycles. The van der Waals surface area contributed by atoms with Gasteiger partial charge in [0.1, 0.15) is 0 Å². The lowest BCUT2D eigenvalue weighted by molar-refractivity contribution is 0.391. The molecule has 1 aliphatic heterocycles. The molecule has 0 spiro atoms. The molecule has 0 radical (unpaired) electrons. The minimum atomic E-state index is 0.604. The standard InChI is InChI=1S/C21H27N3S/c1-3-17(2)18-9-11-19(12-10-18)22-21(25)24-15-13-23(14-16-24)20-7-5-4-6-8-20/h4-12,17H,3,13-16H2,1-2H3,(H,22,25). The number of hydrogen-bond donors (Lipinski definition) is 1. The lowest BCUT2D eigenvalue weighted by Crippen LogP contribution is -2.50. The monoisotopic (exact) mass is 353 g/mol. The van der Waals surface area contributed by atoms with Crippen LogP contribution in [0.3, 0.4) is 0 Å². The summed E-state index contributed by atoms with van der Waals surface area (Å²) in [5.74, 6) is 0.604. The first-order valence-electron chi connectivity index (χ1n) is 9.13. The van der Waals surface area contributed by atoms with Crippen molar-refractivity contribution in [3.05, 3.63) is 60.2 Å². The van der Waals surface area contributed by atoms with E-state index in [0.717, 1.165) is 43.4 Å². The van der Waals surface area contributed by atoms with Gasteiger partial charge in [-0.3, -0.25) is 0 Å². The molecule has 1 saturated heterocycles. The van der Waals surface area contributed by atoms with Gasteiger partial charge in [-0.2, -0.15) is 0 Å². The Labute approximate surface area is 156 Å². The molecular formula is C21H27N3S. The van der Waals surface area contributed by atoms with Crippen LogP contribution in [0.15, 0.2) is 54.6 Å². The van der Waals surface area contributed by atoms with Gasteiger partial charge in [-0.1, -0.05) is 44.2 Å². The molecule has 0 bridgehead atoms. The first kappa shape index (κ1) is 17.7. The number of hydrogen-bond acceptors (Lipinski definition) is 2. The van der Waals surface area contributed by atoms with E-state index < -0.39 is 0 Å². The van der Waals surface area contributed by atoms with Crippen LogP contribution in [-0.4, -0.2) is 36.2 Å². The maximum absolute atomic E-state index is 5.61. The number of thiocarbonyl (C=S) groups is 1. The van der Waals surface area contributed by atoms with E-state index >= 15 is 0 Å². The Hall–Kier alpha value is -2.07. The second-order valence-electron chi connectivity index (χ2n) is 6.67. The fourth-order valence-corrected chi connectivity index (χ4v) is 3.44. The van der Waals surface area contributed by atoms with Crippen LogP contribution in [0, 0.1) is 0 Å². The van der Waals surface area contributed by atoms with Gasteiger partial charge in [0, 0.05) is 37.6 Å². The minimum absolute atomic E-state index is 0.604. The lowest BCUT2D eigenvalue weighted by Gasteiger charge is -2.37. The summed E-state index contributed by atoms with van der Waals surface area (Å²) in [4.78, 5) is 4.68. The molecular weight excluding hydrogens is 326 g/mol. The van der Waals surface area contributed by atoms with Gasteiger partial charge in [-0.05, 0) is 54.4 Å². The van der Waals surface area contributed by atoms with Crippen molar-refractivity contribution < 1.29 is 0 Å². The first-order valence-corrected chi connectivity index (χ1v) is 9.54. The highest BCUT2D eigenvalue weighted by Gasteiger charge is 2.19. The number of piperazine rings is 1. The maximum Gasteiger partial charge on any atom is 0.173 e. The van der Waals surface area contributed by atoms with E-state index in [9.17, 15) is 0 Å². The number of nitrogens with zero attached hydrogens (tertiary/aromatic N) is 2. The number of para-hydroxylation sites is 1. The lowest BCUT2D eigenvalue weighted by atomic mass is 9.99. The van der Waals surface area contributed by atoms with Crippen LogP contribution in [0.4, 0.5) is 11.4 Å². The van der Waals surface area contributed by atoms with E-state index in [0.29, 0.717) is 5.92 Å². The van der Waals surface area contributed by atoms with Gasteiger partial charge in [0.25, 0.3) is 0 Å². The van der Waals surface area contributed by atoms with E-state index in [-0.39, 0.29) is 0 Å². The molecule has 0 aliphatic carbocycles. The van der Waals surface area contributed by atoms with Gasteiger partial charge in [0.05, 0.1) is 0 Å². The Bertz CT molecular complexity index is 676. The summed E-state index contributed by atoms with van der Waals surface area (Å²) in [7, 11) is 0. The average molecular weight is 354 g/mol. The Morgan fingerprint density at radius 1 is 1.00 bits per heavy atom. The fraction of sp³-hybridized carbons (Fsp3) is 0.381. The highest BCUT2D eigenvalue weighted by atomic mass is 32.1. The van der Waals surface area contributed by atoms with Gasteiger partial charge in [-0.25, -0.2) is 0 Å². The number of benzene rings is 2. The zero-order valence-electron chi connectivity index (χ0n) is 15.1. The molecule has 132 valence electrons. The molecule has 3 rings (SSSR count). The van der Waals surface area contributed by atoms with Gasteiger partial charge in [-0.15, -0.1) is 0 Å². The van der Waals surface area contributed by atoms with Gasteiger partial charge in [0.2, 0.25) is 0 Å². The first-order chi connectivity index (χ1) is 12.2. The highest BCUT2D eigenvalue weighted by molar-refractivity contribution is 7.80. The highest BCUT2D eigenvalue weighted by Crippen LogP contribution is 2.21. The second kappa shape index (κ2) is 8.34. The van der Waals surface area contributed by atoms with Crippen LogP contribution in [0.2, 0.25) is 0 Å². The summed E-state index contributed by atoms with van der Waals surface area (Å²) >= 11 is 5.61. The van der Waals surface area contributed by atoms with Gasteiger partial charge >= 0.3 is 0 Å². The average Bonchev–Trinajstić information content (AvgIpc) is 2.68. The summed E-state index contributed by atoms with van der Waals surface area (Å²) in [6, 6.07) is 19.3. The van der Waals surface area contributed by atoms with Crippen LogP contribution < -0.4 is 10.2 Å². The SMILES string of the molecule is CCC(C)c1ccc(NC(=S)N2CCN(c3ccccc3)CC2)cc1. The van der Waals surface area contributed by atoms with Crippen LogP contribution >= 0.6 is 12.2 Å². The van der Waals surface area contributed by atoms with Crippen molar-refractivity contribution in [2.45, 2.75) is 26.2 Å². The largest absolute Gasteiger partial charge is 0.368 e. The molecule has 2 aromatic rings. The zero-order chi connectivity index (χ0) is 17.6. The molecule has 2 aromatic carbocycles. The quantitative estimate of drug-likeness (QED) is 0.801. The van der Waals surface area contributed by atoms with Crippen molar-refractivity contribution in [3.8, 4) is 0 Å². The van der Waals surface area contributed by atoms with E-state index in [2.05, 4.69) is 83.6 Å². The van der Waals surface area contributed by atoms with Crippen molar-refractivity contribution in [1.29, 1.82) is 0 Å². The van der Waals surface area contributed by atoms with Crippen molar-refractivity contribution >= 4 is 28.7 Å². The summed E-state index contributed by atoms with van der Waals surface area (Å²) in [6.07, 6.45) is 1.16. The molecule has 1 unspecified atom stereocenters. The molecule has 1 heterocycles. The molecule has 1 fully saturated rings. The fourth-order valence-electron chi connectivity index (χ4n) is 3.14. The third-order valence-electron chi connectivity index (χ3n) is 5.03. The van der Waals surface area contributed by atoms with E-state index in [1.165, 1.54) is 11.3 Å². The number of nitrogens with one attached hydrogen (secondary N) is 1. The van der Waals surface area contributed by atoms with E-state index in [1.54, 1.807) is 0 Å². The zero-order valence-corrected chi connectivity index (χ0v) is 15.9. The summed E-state index contributed by atoms with van der Waals surface area (Å²) in [5.41, 5.74) is 3.75. The third kappa shape index (κ3) is 4.51. The maximum atomic E-state index is 5.61. The molecule has 1 N–H and O–H groups in total. The van der Waals surface area contributed by atoms with Crippen LogP contribution in [0.25, 0.3) is 0 Å². The van der Waals surface area contributed by atoms with Crippen LogP contribution in [-0.2, 0) is 0 Å². The molecule has 0 aromatic heterocycles. The van der Waals surface area contributed by atoms with Crippen molar-refractivity contribution in [3.63, 3.8) is 0 Å². The number of rotatable bonds is 4. The van der Waals surface area contributed by atoms with Crippen molar-refractivity contribution in [1.82, 2.24) is 4.90 Å². The summed E-state index contributed by atoms with van der Waals surface area (Å²) in [6.45, 7) is 8.38. The van der Waals surface area contributed by atoms with Crippen molar-refractivity contribution in [2.24, 2.45) is 0 Å². The third-order valence-corrected chi connectivity index (χ3v) is 5.39. The normalized spacial score (nSPS) is 15.8. The topological polar surface area (TPSA) is 18.5 Å². The van der Waals surface area contributed by atoms with E-state index in [1.807, 2.05) is 0 Å². The predicted molar refractivity (Wildman–Crippen MR) is 112 cm³/mol. The van der Waals surface area contributed by atoms with Crippen molar-refractivity contribution in [2.75, 3.05) is 36.4 Å². The number of anilines is 2. The van der Waals surface area contributed by atoms with Crippen LogP contribution in [0.5, 0.6) is 0 Å². The molecule has 3 nitrogen and oxygen atoms in total. The van der Waals surface area contributed by atoms with Crippen LogP contribution in [0.1, 0.15) is 31.7 Å². The Morgan fingerprint density at radius 3 is 2.24 bits per heavy atom. The predicted octanol–water partition coefficient (Wildman–Crippen LogP) is 4.72. The molecule has 0 amide bonds. The molecule has 25 heavy (non-hydrogen) atoms. The summed E-state index contributed by atoms with van der Waals surface area (Å²) in [5, 5.41) is 4.21.